The number of nitro groups is 1. The fourth-order valence-electron chi connectivity index (χ4n) is 2.97. The Bertz CT molecular complexity index is 948. The molecule has 0 bridgehead atoms. The Morgan fingerprint density at radius 1 is 1.20 bits per heavy atom. The standard InChI is InChI=1S/C19H24N2O8S/c1-19(2,3)29-18(23)20(15-7-5-6-13(12-15)17(22)28-4)30(26,27)16-10-8-14(9-11-16)21(24)25/h5,7-11,13,15H,6,12H2,1-4H3/t13-,15-/m1/s1. The molecule has 11 heteroatoms. The molecule has 0 heterocycles. The van der Waals surface area contributed by atoms with Crippen molar-refractivity contribution in [2.45, 2.75) is 50.2 Å². The summed E-state index contributed by atoms with van der Waals surface area (Å²) in [4.78, 5) is 34.7. The highest BCUT2D eigenvalue weighted by Gasteiger charge is 2.40. The van der Waals surface area contributed by atoms with E-state index in [0.29, 0.717) is 10.7 Å². The molecule has 0 N–H and O–H groups in total. The Labute approximate surface area is 174 Å². The van der Waals surface area contributed by atoms with Crippen molar-refractivity contribution in [2.75, 3.05) is 7.11 Å². The van der Waals surface area contributed by atoms with Crippen LogP contribution in [0.5, 0.6) is 0 Å². The average Bonchev–Trinajstić information content (AvgIpc) is 2.66. The van der Waals surface area contributed by atoms with Gasteiger partial charge in [0.05, 0.1) is 28.9 Å². The van der Waals surface area contributed by atoms with Gasteiger partial charge in [-0.1, -0.05) is 12.2 Å². The second kappa shape index (κ2) is 8.82. The van der Waals surface area contributed by atoms with E-state index in [9.17, 15) is 28.1 Å². The van der Waals surface area contributed by atoms with Crippen molar-refractivity contribution in [3.05, 3.63) is 46.5 Å². The van der Waals surface area contributed by atoms with Gasteiger partial charge in [0.2, 0.25) is 0 Å². The number of esters is 1. The molecular formula is C19H24N2O8S. The number of non-ortho nitro benzene ring substituents is 1. The van der Waals surface area contributed by atoms with Crippen molar-refractivity contribution in [3.8, 4) is 0 Å². The fraction of sp³-hybridized carbons (Fsp3) is 0.474. The van der Waals surface area contributed by atoms with Crippen molar-refractivity contribution < 1.29 is 32.4 Å². The first-order valence-corrected chi connectivity index (χ1v) is 10.6. The van der Waals surface area contributed by atoms with E-state index in [-0.39, 0.29) is 17.0 Å². The van der Waals surface area contributed by atoms with Crippen LogP contribution in [0.15, 0.2) is 41.3 Å². The van der Waals surface area contributed by atoms with E-state index in [2.05, 4.69) is 0 Å². The lowest BCUT2D eigenvalue weighted by atomic mass is 9.91. The number of carbonyl (C=O) groups excluding carboxylic acids is 2. The number of carbonyl (C=O) groups is 2. The van der Waals surface area contributed by atoms with E-state index in [1.54, 1.807) is 26.8 Å². The van der Waals surface area contributed by atoms with E-state index < -0.39 is 44.6 Å². The van der Waals surface area contributed by atoms with Crippen molar-refractivity contribution in [2.24, 2.45) is 5.92 Å². The number of sulfonamides is 1. The summed E-state index contributed by atoms with van der Waals surface area (Å²) in [6, 6.07) is 3.19. The predicted octanol–water partition coefficient (Wildman–Crippen LogP) is 3.03. The average molecular weight is 440 g/mol. The molecule has 30 heavy (non-hydrogen) atoms. The monoisotopic (exact) mass is 440 g/mol. The van der Waals surface area contributed by atoms with Crippen molar-refractivity contribution in [3.63, 3.8) is 0 Å². The van der Waals surface area contributed by atoms with E-state index >= 15 is 0 Å². The van der Waals surface area contributed by atoms with E-state index in [4.69, 9.17) is 9.47 Å². The minimum absolute atomic E-state index is 0.0224. The molecule has 0 spiro atoms. The van der Waals surface area contributed by atoms with Crippen LogP contribution < -0.4 is 0 Å². The van der Waals surface area contributed by atoms with Gasteiger partial charge in [0.25, 0.3) is 15.7 Å². The second-order valence-corrected chi connectivity index (χ2v) is 9.53. The Morgan fingerprint density at radius 3 is 2.30 bits per heavy atom. The zero-order chi connectivity index (χ0) is 22.7. The number of hydrogen-bond acceptors (Lipinski definition) is 8. The molecule has 0 radical (unpaired) electrons. The van der Waals surface area contributed by atoms with Crippen LogP contribution in [-0.4, -0.2) is 48.5 Å². The minimum atomic E-state index is -4.44. The smallest absolute Gasteiger partial charge is 0.424 e. The number of ether oxygens (including phenoxy) is 2. The summed E-state index contributed by atoms with van der Waals surface area (Å²) in [6.07, 6.45) is 2.39. The van der Waals surface area contributed by atoms with Gasteiger partial charge in [0.1, 0.15) is 5.60 Å². The summed E-state index contributed by atoms with van der Waals surface area (Å²) in [6.45, 7) is 4.78. The SMILES string of the molecule is COC(=O)[C@@H]1CC=C[C@@H](N(C(=O)OC(C)(C)C)S(=O)(=O)c2ccc([N+](=O)[O-])cc2)C1. The zero-order valence-corrected chi connectivity index (χ0v) is 17.9. The molecular weight excluding hydrogens is 416 g/mol. The quantitative estimate of drug-likeness (QED) is 0.295. The molecule has 10 nitrogen and oxygen atoms in total. The van der Waals surface area contributed by atoms with Crippen LogP contribution in [0.3, 0.4) is 0 Å². The van der Waals surface area contributed by atoms with Crippen LogP contribution in [0.2, 0.25) is 0 Å². The van der Waals surface area contributed by atoms with Gasteiger partial charge in [-0.05, 0) is 45.7 Å². The molecule has 164 valence electrons. The number of benzene rings is 1. The molecule has 1 aromatic rings. The first kappa shape index (κ1) is 23.3. The first-order valence-electron chi connectivity index (χ1n) is 9.13. The van der Waals surface area contributed by atoms with Crippen LogP contribution in [0.1, 0.15) is 33.6 Å². The van der Waals surface area contributed by atoms with Crippen LogP contribution in [-0.2, 0) is 24.3 Å². The number of hydrogen-bond donors (Lipinski definition) is 0. The Morgan fingerprint density at radius 2 is 1.80 bits per heavy atom. The van der Waals surface area contributed by atoms with Gasteiger partial charge in [-0.3, -0.25) is 14.9 Å². The summed E-state index contributed by atoms with van der Waals surface area (Å²) in [5.41, 5.74) is -1.26. The molecule has 0 unspecified atom stereocenters. The highest BCUT2D eigenvalue weighted by Crippen LogP contribution is 2.30. The van der Waals surface area contributed by atoms with E-state index in [1.165, 1.54) is 13.2 Å². The molecule has 0 fully saturated rings. The second-order valence-electron chi connectivity index (χ2n) is 7.72. The van der Waals surface area contributed by atoms with E-state index in [0.717, 1.165) is 24.3 Å². The van der Waals surface area contributed by atoms with Crippen LogP contribution in [0.4, 0.5) is 10.5 Å². The molecule has 0 aromatic heterocycles. The number of rotatable bonds is 5. The Balaban J connectivity index is 2.48. The lowest BCUT2D eigenvalue weighted by Crippen LogP contribution is -2.48. The molecule has 0 saturated carbocycles. The van der Waals surface area contributed by atoms with Crippen molar-refractivity contribution in [1.82, 2.24) is 4.31 Å². The predicted molar refractivity (Wildman–Crippen MR) is 106 cm³/mol. The topological polar surface area (TPSA) is 133 Å². The summed E-state index contributed by atoms with van der Waals surface area (Å²) >= 11 is 0. The lowest BCUT2D eigenvalue weighted by molar-refractivity contribution is -0.384. The molecule has 1 aliphatic carbocycles. The maximum Gasteiger partial charge on any atom is 0.424 e. The van der Waals surface area contributed by atoms with Gasteiger partial charge in [-0.25, -0.2) is 13.2 Å². The van der Waals surface area contributed by atoms with Gasteiger partial charge in [-0.2, -0.15) is 4.31 Å². The third kappa shape index (κ3) is 5.35. The van der Waals surface area contributed by atoms with Gasteiger partial charge >= 0.3 is 12.1 Å². The number of nitro benzene ring substituents is 1. The number of methoxy groups -OCH3 is 1. The molecule has 0 saturated heterocycles. The minimum Gasteiger partial charge on any atom is -0.469 e. The molecule has 1 amide bonds. The van der Waals surface area contributed by atoms with Crippen LogP contribution in [0.25, 0.3) is 0 Å². The van der Waals surface area contributed by atoms with Crippen LogP contribution >= 0.6 is 0 Å². The van der Waals surface area contributed by atoms with Gasteiger partial charge in [0, 0.05) is 12.1 Å². The normalized spacial score (nSPS) is 19.1. The Hall–Kier alpha value is -2.95. The molecule has 2 atom stereocenters. The molecule has 1 aliphatic rings. The maximum absolute atomic E-state index is 13.3. The lowest BCUT2D eigenvalue weighted by Gasteiger charge is -2.34. The summed E-state index contributed by atoms with van der Waals surface area (Å²) in [7, 11) is -3.21. The third-order valence-corrected chi connectivity index (χ3v) is 6.12. The molecule has 1 aromatic carbocycles. The molecule has 0 aliphatic heterocycles. The largest absolute Gasteiger partial charge is 0.469 e. The van der Waals surface area contributed by atoms with Crippen molar-refractivity contribution in [1.29, 1.82) is 0 Å². The summed E-state index contributed by atoms with van der Waals surface area (Å²) in [5.74, 6) is -1.14. The first-order chi connectivity index (χ1) is 13.9. The van der Waals surface area contributed by atoms with Crippen LogP contribution in [0, 0.1) is 16.0 Å². The van der Waals surface area contributed by atoms with Gasteiger partial charge in [0.15, 0.2) is 0 Å². The highest BCUT2D eigenvalue weighted by molar-refractivity contribution is 7.89. The highest BCUT2D eigenvalue weighted by atomic mass is 32.2. The van der Waals surface area contributed by atoms with Gasteiger partial charge in [-0.15, -0.1) is 0 Å². The third-order valence-electron chi connectivity index (χ3n) is 4.32. The van der Waals surface area contributed by atoms with Gasteiger partial charge < -0.3 is 9.47 Å². The Kier molecular flexibility index (Phi) is 6.86. The number of allylic oxidation sites excluding steroid dienone is 1. The number of nitrogens with zero attached hydrogens (tertiary/aromatic N) is 2. The summed E-state index contributed by atoms with van der Waals surface area (Å²) < 4.78 is 37.2. The van der Waals surface area contributed by atoms with E-state index in [1.807, 2.05) is 0 Å². The maximum atomic E-state index is 13.3. The number of amides is 1. The fourth-order valence-corrected chi connectivity index (χ4v) is 4.42. The zero-order valence-electron chi connectivity index (χ0n) is 17.1. The van der Waals surface area contributed by atoms with Crippen molar-refractivity contribution >= 4 is 27.8 Å². The summed E-state index contributed by atoms with van der Waals surface area (Å²) in [5, 5.41) is 10.9. The molecule has 2 rings (SSSR count).